The van der Waals surface area contributed by atoms with Crippen LogP contribution in [0, 0.1) is 0 Å². The van der Waals surface area contributed by atoms with E-state index in [1.165, 1.54) is 23.6 Å². The fourth-order valence-corrected chi connectivity index (χ4v) is 1.67. The van der Waals surface area contributed by atoms with Gasteiger partial charge in [0, 0.05) is 23.8 Å². The van der Waals surface area contributed by atoms with E-state index in [9.17, 15) is 9.59 Å². The predicted molar refractivity (Wildman–Crippen MR) is 52.5 cm³/mol. The maximum atomic E-state index is 11.3. The number of nitrogens with one attached hydrogen (secondary N) is 1. The van der Waals surface area contributed by atoms with Gasteiger partial charge in [-0.05, 0) is 0 Å². The summed E-state index contributed by atoms with van der Waals surface area (Å²) in [6, 6.07) is 1.31. The topological polar surface area (TPSA) is 67.8 Å². The number of hydrogen-bond acceptors (Lipinski definition) is 4. The van der Waals surface area contributed by atoms with Crippen molar-refractivity contribution in [1.82, 2.24) is 14.5 Å². The van der Waals surface area contributed by atoms with Crippen molar-refractivity contribution in [1.29, 1.82) is 0 Å². The summed E-state index contributed by atoms with van der Waals surface area (Å²) in [5.41, 5.74) is -0.725. The molecule has 0 radical (unpaired) electrons. The minimum absolute atomic E-state index is 0.229. The van der Waals surface area contributed by atoms with Crippen molar-refractivity contribution in [2.75, 3.05) is 0 Å². The third kappa shape index (κ3) is 1.64. The van der Waals surface area contributed by atoms with Crippen molar-refractivity contribution in [3.05, 3.63) is 49.7 Å². The second kappa shape index (κ2) is 3.59. The van der Waals surface area contributed by atoms with E-state index in [0.717, 1.165) is 9.57 Å². The molecular weight excluding hydrogens is 202 g/mol. The van der Waals surface area contributed by atoms with Gasteiger partial charge in [0.25, 0.3) is 5.56 Å². The zero-order valence-electron chi connectivity index (χ0n) is 7.14. The molecule has 5 nitrogen and oxygen atoms in total. The van der Waals surface area contributed by atoms with Gasteiger partial charge in [-0.2, -0.15) is 0 Å². The molecule has 6 heteroatoms. The number of rotatable bonds is 2. The first-order chi connectivity index (χ1) is 6.77. The number of thiazole rings is 1. The van der Waals surface area contributed by atoms with Gasteiger partial charge in [-0.3, -0.25) is 9.36 Å². The molecule has 0 unspecified atom stereocenters. The molecule has 2 aromatic rings. The summed E-state index contributed by atoms with van der Waals surface area (Å²) in [5, 5.41) is 2.54. The van der Waals surface area contributed by atoms with Crippen LogP contribution in [0.1, 0.15) is 5.01 Å². The average molecular weight is 209 g/mol. The van der Waals surface area contributed by atoms with Crippen molar-refractivity contribution >= 4 is 11.3 Å². The predicted octanol–water partition coefficient (Wildman–Crippen LogP) is 0.0414. The Hall–Kier alpha value is -1.69. The van der Waals surface area contributed by atoms with E-state index >= 15 is 0 Å². The van der Waals surface area contributed by atoms with Crippen LogP contribution >= 0.6 is 11.3 Å². The summed E-state index contributed by atoms with van der Waals surface area (Å²) in [5.74, 6) is 0. The van der Waals surface area contributed by atoms with Crippen LogP contribution in [0.5, 0.6) is 0 Å². The van der Waals surface area contributed by atoms with Crippen molar-refractivity contribution in [3.63, 3.8) is 0 Å². The Morgan fingerprint density at radius 3 is 3.00 bits per heavy atom. The van der Waals surface area contributed by atoms with E-state index in [0.29, 0.717) is 0 Å². The third-order valence-electron chi connectivity index (χ3n) is 1.72. The average Bonchev–Trinajstić information content (AvgIpc) is 2.64. The molecule has 0 bridgehead atoms. The van der Waals surface area contributed by atoms with Gasteiger partial charge in [0.1, 0.15) is 5.01 Å². The zero-order valence-corrected chi connectivity index (χ0v) is 7.95. The Bertz CT molecular complexity index is 498. The maximum absolute atomic E-state index is 11.3. The number of H-pyrrole nitrogens is 1. The van der Waals surface area contributed by atoms with Crippen LogP contribution in [0.25, 0.3) is 0 Å². The van der Waals surface area contributed by atoms with E-state index < -0.39 is 5.69 Å². The van der Waals surface area contributed by atoms with Crippen molar-refractivity contribution in [2.24, 2.45) is 0 Å². The molecule has 0 amide bonds. The lowest BCUT2D eigenvalue weighted by atomic mass is 10.6. The summed E-state index contributed by atoms with van der Waals surface area (Å²) in [7, 11) is 0. The smallest absolute Gasteiger partial charge is 0.314 e. The minimum atomic E-state index is -0.410. The Morgan fingerprint density at radius 1 is 1.50 bits per heavy atom. The number of nitrogens with zero attached hydrogens (tertiary/aromatic N) is 2. The molecule has 0 spiro atoms. The minimum Gasteiger partial charge on any atom is -0.314 e. The highest BCUT2D eigenvalue weighted by Crippen LogP contribution is 2.03. The van der Waals surface area contributed by atoms with Gasteiger partial charge in [-0.15, -0.1) is 11.3 Å². The first-order valence-corrected chi connectivity index (χ1v) is 4.82. The van der Waals surface area contributed by atoms with Crippen molar-refractivity contribution in [3.8, 4) is 0 Å². The van der Waals surface area contributed by atoms with Gasteiger partial charge in [-0.25, -0.2) is 9.78 Å². The SMILES string of the molecule is O=c1cc[nH]c(=O)n1Cc1nccs1. The lowest BCUT2D eigenvalue weighted by Gasteiger charge is -1.99. The normalized spacial score (nSPS) is 10.3. The molecule has 0 aliphatic heterocycles. The van der Waals surface area contributed by atoms with Gasteiger partial charge in [-0.1, -0.05) is 0 Å². The molecule has 1 N–H and O–H groups in total. The molecule has 72 valence electrons. The summed E-state index contributed by atoms with van der Waals surface area (Å²) in [6.45, 7) is 0.229. The summed E-state index contributed by atoms with van der Waals surface area (Å²) < 4.78 is 1.11. The molecule has 0 saturated carbocycles. The molecule has 0 atom stereocenters. The Balaban J connectivity index is 2.43. The summed E-state index contributed by atoms with van der Waals surface area (Å²) >= 11 is 1.41. The number of aromatic amines is 1. The first-order valence-electron chi connectivity index (χ1n) is 3.94. The molecule has 2 rings (SSSR count). The van der Waals surface area contributed by atoms with Crippen LogP contribution < -0.4 is 11.2 Å². The van der Waals surface area contributed by atoms with Gasteiger partial charge in [0.15, 0.2) is 0 Å². The Labute approximate surface area is 82.7 Å². The molecule has 2 heterocycles. The number of hydrogen-bond donors (Lipinski definition) is 1. The monoisotopic (exact) mass is 209 g/mol. The first kappa shape index (κ1) is 8.89. The molecule has 0 saturated heterocycles. The molecule has 0 fully saturated rings. The highest BCUT2D eigenvalue weighted by molar-refractivity contribution is 7.09. The lowest BCUT2D eigenvalue weighted by molar-refractivity contribution is 0.695. The second-order valence-corrected chi connectivity index (χ2v) is 3.61. The van der Waals surface area contributed by atoms with E-state index in [-0.39, 0.29) is 12.1 Å². The van der Waals surface area contributed by atoms with Crippen LogP contribution in [0.2, 0.25) is 0 Å². The van der Waals surface area contributed by atoms with Gasteiger partial charge in [0.2, 0.25) is 0 Å². The third-order valence-corrected chi connectivity index (χ3v) is 2.49. The largest absolute Gasteiger partial charge is 0.328 e. The van der Waals surface area contributed by atoms with Crippen LogP contribution in [0.3, 0.4) is 0 Å². The van der Waals surface area contributed by atoms with Crippen LogP contribution in [0.4, 0.5) is 0 Å². The molecular formula is C8H7N3O2S. The summed E-state index contributed by atoms with van der Waals surface area (Å²) in [6.07, 6.45) is 2.98. The van der Waals surface area contributed by atoms with E-state index in [4.69, 9.17) is 0 Å². The molecule has 0 aromatic carbocycles. The number of aromatic nitrogens is 3. The maximum Gasteiger partial charge on any atom is 0.328 e. The van der Waals surface area contributed by atoms with Gasteiger partial charge >= 0.3 is 5.69 Å². The van der Waals surface area contributed by atoms with Crippen molar-refractivity contribution in [2.45, 2.75) is 6.54 Å². The Kier molecular flexibility index (Phi) is 2.28. The lowest BCUT2D eigenvalue weighted by Crippen LogP contribution is -2.34. The fraction of sp³-hybridized carbons (Fsp3) is 0.125. The highest BCUT2D eigenvalue weighted by Gasteiger charge is 2.02. The summed E-state index contributed by atoms with van der Waals surface area (Å²) in [4.78, 5) is 29.0. The molecule has 0 aliphatic rings. The molecule has 0 aliphatic carbocycles. The van der Waals surface area contributed by atoms with Gasteiger partial charge in [0.05, 0.1) is 6.54 Å². The van der Waals surface area contributed by atoms with Crippen LogP contribution in [-0.4, -0.2) is 14.5 Å². The fourth-order valence-electron chi connectivity index (χ4n) is 1.07. The second-order valence-electron chi connectivity index (χ2n) is 2.63. The van der Waals surface area contributed by atoms with E-state index in [2.05, 4.69) is 9.97 Å². The Morgan fingerprint density at radius 2 is 2.36 bits per heavy atom. The zero-order chi connectivity index (χ0) is 9.97. The van der Waals surface area contributed by atoms with E-state index in [1.54, 1.807) is 11.6 Å². The van der Waals surface area contributed by atoms with Crippen LogP contribution in [0.15, 0.2) is 33.4 Å². The molecule has 14 heavy (non-hydrogen) atoms. The standard InChI is InChI=1S/C8H7N3O2S/c12-7-1-2-10-8(13)11(7)5-6-9-3-4-14-6/h1-4H,5H2,(H,10,13). The van der Waals surface area contributed by atoms with Crippen molar-refractivity contribution < 1.29 is 0 Å². The quantitative estimate of drug-likeness (QED) is 0.759. The van der Waals surface area contributed by atoms with Crippen LogP contribution in [-0.2, 0) is 6.54 Å². The highest BCUT2D eigenvalue weighted by atomic mass is 32.1. The van der Waals surface area contributed by atoms with Gasteiger partial charge < -0.3 is 4.98 Å². The van der Waals surface area contributed by atoms with E-state index in [1.807, 2.05) is 0 Å². The molecule has 2 aromatic heterocycles.